The number of hydrogen-bond acceptors (Lipinski definition) is 7. The van der Waals surface area contributed by atoms with Gasteiger partial charge in [-0.3, -0.25) is 4.18 Å². The van der Waals surface area contributed by atoms with Crippen molar-refractivity contribution in [2.45, 2.75) is 50.0 Å². The van der Waals surface area contributed by atoms with Crippen molar-refractivity contribution < 1.29 is 26.8 Å². The van der Waals surface area contributed by atoms with Crippen LogP contribution in [0, 0.1) is 13.8 Å². The van der Waals surface area contributed by atoms with Crippen molar-refractivity contribution >= 4 is 10.1 Å². The van der Waals surface area contributed by atoms with Crippen molar-refractivity contribution in [3.05, 3.63) is 77.9 Å². The first-order valence-corrected chi connectivity index (χ1v) is 12.6. The minimum absolute atomic E-state index is 0.122. The Morgan fingerprint density at radius 1 is 1.12 bits per heavy atom. The van der Waals surface area contributed by atoms with Crippen molar-refractivity contribution in [1.29, 1.82) is 0 Å². The van der Waals surface area contributed by atoms with Crippen molar-refractivity contribution in [3.63, 3.8) is 0 Å². The van der Waals surface area contributed by atoms with Gasteiger partial charge < -0.3 is 18.8 Å². The van der Waals surface area contributed by atoms with E-state index in [1.165, 1.54) is 12.1 Å². The molecule has 182 valence electrons. The predicted octanol–water partition coefficient (Wildman–Crippen LogP) is 3.66. The topological polar surface area (TPSA) is 88.9 Å². The number of aryl methyl sites for hydroxylation is 3. The van der Waals surface area contributed by atoms with Gasteiger partial charge in [0.15, 0.2) is 5.79 Å². The molecule has 0 radical (unpaired) electrons. The summed E-state index contributed by atoms with van der Waals surface area (Å²) >= 11 is 0. The highest BCUT2D eigenvalue weighted by Crippen LogP contribution is 2.32. The summed E-state index contributed by atoms with van der Waals surface area (Å²) in [6.07, 6.45) is 4.30. The lowest BCUT2D eigenvalue weighted by molar-refractivity contribution is -0.184. The molecule has 2 atom stereocenters. The van der Waals surface area contributed by atoms with E-state index in [4.69, 9.17) is 18.4 Å². The average molecular weight is 487 g/mol. The van der Waals surface area contributed by atoms with E-state index < -0.39 is 22.0 Å². The first-order chi connectivity index (χ1) is 16.3. The zero-order valence-corrected chi connectivity index (χ0v) is 20.5. The lowest BCUT2D eigenvalue weighted by Gasteiger charge is -2.29. The quantitative estimate of drug-likeness (QED) is 0.404. The second kappa shape index (κ2) is 10.3. The summed E-state index contributed by atoms with van der Waals surface area (Å²) in [5.41, 5.74) is 3.08. The largest absolute Gasteiger partial charge is 0.497 e. The molecule has 2 aromatic carbocycles. The molecular formula is C25H30N2O6S. The van der Waals surface area contributed by atoms with Gasteiger partial charge in [-0.15, -0.1) is 0 Å². The molecule has 1 saturated heterocycles. The molecule has 1 aromatic heterocycles. The second-order valence-electron chi connectivity index (χ2n) is 8.52. The molecule has 0 amide bonds. The first-order valence-electron chi connectivity index (χ1n) is 11.2. The predicted molar refractivity (Wildman–Crippen MR) is 126 cm³/mol. The number of imidazole rings is 1. The number of hydrogen-bond donors (Lipinski definition) is 0. The van der Waals surface area contributed by atoms with Gasteiger partial charge in [0.2, 0.25) is 0 Å². The summed E-state index contributed by atoms with van der Waals surface area (Å²) in [6.45, 7) is 4.42. The van der Waals surface area contributed by atoms with Gasteiger partial charge >= 0.3 is 0 Å². The van der Waals surface area contributed by atoms with Crippen LogP contribution in [0.2, 0.25) is 0 Å². The highest BCUT2D eigenvalue weighted by Gasteiger charge is 2.42. The molecular weight excluding hydrogens is 456 g/mol. The maximum atomic E-state index is 12.6. The third-order valence-corrected chi connectivity index (χ3v) is 7.21. The van der Waals surface area contributed by atoms with E-state index in [0.717, 1.165) is 22.6 Å². The number of benzene rings is 2. The van der Waals surface area contributed by atoms with Gasteiger partial charge in [-0.05, 0) is 50.1 Å². The zero-order chi connectivity index (χ0) is 24.2. The highest BCUT2D eigenvalue weighted by atomic mass is 32.2. The first kappa shape index (κ1) is 24.4. The minimum atomic E-state index is -3.88. The van der Waals surface area contributed by atoms with Gasteiger partial charge in [-0.2, -0.15) is 8.42 Å². The fourth-order valence-electron chi connectivity index (χ4n) is 3.87. The number of nitrogens with zero attached hydrogens (tertiary/aromatic N) is 2. The Morgan fingerprint density at radius 2 is 1.85 bits per heavy atom. The van der Waals surface area contributed by atoms with Gasteiger partial charge in [-0.25, -0.2) is 4.98 Å². The molecule has 0 N–H and O–H groups in total. The molecule has 1 aliphatic heterocycles. The van der Waals surface area contributed by atoms with Crippen LogP contribution in [0.25, 0.3) is 0 Å². The van der Waals surface area contributed by atoms with Crippen molar-refractivity contribution in [2.75, 3.05) is 20.3 Å². The summed E-state index contributed by atoms with van der Waals surface area (Å²) in [5.74, 6) is -0.125. The van der Waals surface area contributed by atoms with Crippen LogP contribution in [0.3, 0.4) is 0 Å². The molecule has 2 heterocycles. The second-order valence-corrected chi connectivity index (χ2v) is 10.1. The van der Waals surface area contributed by atoms with Gasteiger partial charge in [0.25, 0.3) is 10.1 Å². The number of ether oxygens (including phenoxy) is 3. The van der Waals surface area contributed by atoms with Crippen molar-refractivity contribution in [3.8, 4) is 5.75 Å². The van der Waals surface area contributed by atoms with Crippen LogP contribution in [-0.4, -0.2) is 50.2 Å². The van der Waals surface area contributed by atoms with Crippen LogP contribution < -0.4 is 4.74 Å². The van der Waals surface area contributed by atoms with E-state index in [1.54, 1.807) is 31.8 Å². The molecule has 8 nitrogen and oxygen atoms in total. The van der Waals surface area contributed by atoms with Crippen molar-refractivity contribution in [2.24, 2.45) is 0 Å². The smallest absolute Gasteiger partial charge is 0.297 e. The van der Waals surface area contributed by atoms with Crippen LogP contribution in [0.4, 0.5) is 0 Å². The molecule has 0 unspecified atom stereocenters. The lowest BCUT2D eigenvalue weighted by Crippen LogP contribution is -2.37. The third kappa shape index (κ3) is 5.85. The van der Waals surface area contributed by atoms with E-state index in [9.17, 15) is 8.42 Å². The Hall–Kier alpha value is -2.72. The number of methoxy groups -OCH3 is 1. The van der Waals surface area contributed by atoms with E-state index in [1.807, 2.05) is 42.7 Å². The molecule has 0 spiro atoms. The fourth-order valence-corrected chi connectivity index (χ4v) is 4.81. The molecule has 34 heavy (non-hydrogen) atoms. The monoisotopic (exact) mass is 486 g/mol. The van der Waals surface area contributed by atoms with Crippen LogP contribution in [0.5, 0.6) is 5.75 Å². The Labute approximate surface area is 200 Å². The molecule has 9 heteroatoms. The van der Waals surface area contributed by atoms with E-state index >= 15 is 0 Å². The van der Waals surface area contributed by atoms with E-state index in [2.05, 4.69) is 4.98 Å². The minimum Gasteiger partial charge on any atom is -0.497 e. The maximum absolute atomic E-state index is 12.6. The summed E-state index contributed by atoms with van der Waals surface area (Å²) in [5, 5.41) is 0. The van der Waals surface area contributed by atoms with Crippen molar-refractivity contribution in [1.82, 2.24) is 9.55 Å². The number of aromatic nitrogens is 2. The fraction of sp³-hybridized carbons (Fsp3) is 0.400. The Balaban J connectivity index is 1.44. The SMILES string of the molecule is COc1ccc(CC[C@@]2(Cn3cncc3C)OC[C@@H](COS(=O)(=O)c3ccc(C)cc3)O2)cc1. The summed E-state index contributed by atoms with van der Waals surface area (Å²) in [7, 11) is -2.25. The zero-order valence-electron chi connectivity index (χ0n) is 19.6. The highest BCUT2D eigenvalue weighted by molar-refractivity contribution is 7.86. The van der Waals surface area contributed by atoms with Crippen LogP contribution in [0.1, 0.15) is 23.2 Å². The van der Waals surface area contributed by atoms with Gasteiger partial charge in [0.1, 0.15) is 11.9 Å². The van der Waals surface area contributed by atoms with Gasteiger partial charge in [-0.1, -0.05) is 29.8 Å². The Morgan fingerprint density at radius 3 is 2.50 bits per heavy atom. The summed E-state index contributed by atoms with van der Waals surface area (Å²) in [4.78, 5) is 4.32. The van der Waals surface area contributed by atoms with E-state index in [0.29, 0.717) is 19.4 Å². The Bertz CT molecular complexity index is 1190. The van der Waals surface area contributed by atoms with E-state index in [-0.39, 0.29) is 18.1 Å². The molecule has 1 aliphatic rings. The normalized spacial score (nSPS) is 20.5. The Kier molecular flexibility index (Phi) is 7.37. The maximum Gasteiger partial charge on any atom is 0.297 e. The molecule has 1 fully saturated rings. The van der Waals surface area contributed by atoms with Crippen LogP contribution >= 0.6 is 0 Å². The van der Waals surface area contributed by atoms with Crippen LogP contribution in [0.15, 0.2) is 66.0 Å². The molecule has 0 aliphatic carbocycles. The molecule has 4 rings (SSSR count). The van der Waals surface area contributed by atoms with Crippen LogP contribution in [-0.2, 0) is 36.7 Å². The molecule has 0 saturated carbocycles. The van der Waals surface area contributed by atoms with Gasteiger partial charge in [0.05, 0.1) is 38.1 Å². The average Bonchev–Trinajstić information content (AvgIpc) is 3.43. The standard InChI is InChI=1S/C25H30N2O6S/c1-19-4-10-24(11-5-19)34(28,29)32-16-23-15-31-25(33-23,17-27-18-26-14-20(27)2)13-12-21-6-8-22(30-3)9-7-21/h4-11,14,18,23H,12-13,15-17H2,1-3H3/t23-,25+/m0/s1. The number of rotatable bonds is 10. The molecule has 3 aromatic rings. The molecule has 0 bridgehead atoms. The summed E-state index contributed by atoms with van der Waals surface area (Å²) < 4.78 is 50.2. The summed E-state index contributed by atoms with van der Waals surface area (Å²) in [6, 6.07) is 14.4. The lowest BCUT2D eigenvalue weighted by atomic mass is 10.0. The third-order valence-electron chi connectivity index (χ3n) is 5.92. The van der Waals surface area contributed by atoms with Gasteiger partial charge in [0, 0.05) is 18.3 Å².